The van der Waals surface area contributed by atoms with E-state index in [2.05, 4.69) is 30.2 Å². The van der Waals surface area contributed by atoms with Crippen molar-refractivity contribution < 1.29 is 9.47 Å². The van der Waals surface area contributed by atoms with E-state index in [1.165, 1.54) is 0 Å². The van der Waals surface area contributed by atoms with Crippen LogP contribution in [-0.2, 0) is 6.54 Å². The van der Waals surface area contributed by atoms with Crippen LogP contribution >= 0.6 is 0 Å². The molecule has 132 valence electrons. The topological polar surface area (TPSA) is 59.2 Å². The Hall–Kier alpha value is -2.53. The molecule has 0 fully saturated rings. The van der Waals surface area contributed by atoms with E-state index >= 15 is 0 Å². The Morgan fingerprint density at radius 3 is 2.48 bits per heavy atom. The van der Waals surface area contributed by atoms with Gasteiger partial charge in [0.05, 0.1) is 31.3 Å². The van der Waals surface area contributed by atoms with Crippen molar-refractivity contribution >= 4 is 11.0 Å². The number of nitrogens with zero attached hydrogens (tertiary/aromatic N) is 1. The van der Waals surface area contributed by atoms with Crippen LogP contribution in [0.1, 0.15) is 31.3 Å². The zero-order chi connectivity index (χ0) is 17.8. The molecule has 3 rings (SSSR count). The molecule has 3 aromatic rings. The van der Waals surface area contributed by atoms with Gasteiger partial charge in [0.25, 0.3) is 0 Å². The maximum absolute atomic E-state index is 5.38. The van der Waals surface area contributed by atoms with Crippen LogP contribution in [-0.4, -0.2) is 24.2 Å². The molecule has 5 nitrogen and oxygen atoms in total. The number of aromatic amines is 1. The second kappa shape index (κ2) is 7.57. The lowest BCUT2D eigenvalue weighted by Gasteiger charge is -2.21. The number of benzene rings is 2. The van der Waals surface area contributed by atoms with Gasteiger partial charge in [-0.05, 0) is 35.7 Å². The fraction of sp³-hybridized carbons (Fsp3) is 0.350. The Bertz CT molecular complexity index is 809. The first kappa shape index (κ1) is 17.3. The number of nitrogens with one attached hydrogen (secondary N) is 2. The first-order valence-electron chi connectivity index (χ1n) is 8.51. The average molecular weight is 339 g/mol. The summed E-state index contributed by atoms with van der Waals surface area (Å²) in [6, 6.07) is 14.2. The number of para-hydroxylation sites is 2. The SMILES string of the molecule is COc1ccc(CN[C@@H](c2nc3ccccc3[nH]2)C(C)C)cc1OC. The van der Waals surface area contributed by atoms with Gasteiger partial charge in [0, 0.05) is 6.54 Å². The fourth-order valence-corrected chi connectivity index (χ4v) is 2.99. The third-order valence-corrected chi connectivity index (χ3v) is 4.34. The van der Waals surface area contributed by atoms with Crippen LogP contribution in [0, 0.1) is 5.92 Å². The summed E-state index contributed by atoms with van der Waals surface area (Å²) < 4.78 is 10.7. The van der Waals surface area contributed by atoms with Crippen molar-refractivity contribution in [3.05, 3.63) is 53.9 Å². The average Bonchev–Trinajstić information content (AvgIpc) is 3.05. The van der Waals surface area contributed by atoms with E-state index in [4.69, 9.17) is 14.5 Å². The number of H-pyrrole nitrogens is 1. The first-order valence-corrected chi connectivity index (χ1v) is 8.51. The van der Waals surface area contributed by atoms with Crippen molar-refractivity contribution in [1.82, 2.24) is 15.3 Å². The molecule has 0 saturated carbocycles. The van der Waals surface area contributed by atoms with Crippen molar-refractivity contribution in [2.45, 2.75) is 26.4 Å². The van der Waals surface area contributed by atoms with Gasteiger partial charge in [-0.2, -0.15) is 0 Å². The molecule has 1 heterocycles. The van der Waals surface area contributed by atoms with Crippen LogP contribution < -0.4 is 14.8 Å². The molecule has 0 aliphatic carbocycles. The minimum atomic E-state index is 0.139. The lowest BCUT2D eigenvalue weighted by Crippen LogP contribution is -2.26. The molecule has 25 heavy (non-hydrogen) atoms. The summed E-state index contributed by atoms with van der Waals surface area (Å²) in [5.41, 5.74) is 3.20. The fourth-order valence-electron chi connectivity index (χ4n) is 2.99. The predicted octanol–water partition coefficient (Wildman–Crippen LogP) is 4.07. The maximum Gasteiger partial charge on any atom is 0.161 e. The van der Waals surface area contributed by atoms with Gasteiger partial charge in [0.2, 0.25) is 0 Å². The van der Waals surface area contributed by atoms with Gasteiger partial charge in [-0.1, -0.05) is 32.0 Å². The minimum absolute atomic E-state index is 0.139. The number of fused-ring (bicyclic) bond motifs is 1. The number of methoxy groups -OCH3 is 2. The van der Waals surface area contributed by atoms with Crippen molar-refractivity contribution in [2.75, 3.05) is 14.2 Å². The lowest BCUT2D eigenvalue weighted by atomic mass is 10.0. The van der Waals surface area contributed by atoms with Crippen LogP contribution in [0.3, 0.4) is 0 Å². The molecule has 5 heteroatoms. The number of rotatable bonds is 7. The minimum Gasteiger partial charge on any atom is -0.493 e. The Balaban J connectivity index is 1.78. The number of ether oxygens (including phenoxy) is 2. The van der Waals surface area contributed by atoms with Gasteiger partial charge in [-0.3, -0.25) is 0 Å². The van der Waals surface area contributed by atoms with Crippen LogP contribution in [0.5, 0.6) is 11.5 Å². The summed E-state index contributed by atoms with van der Waals surface area (Å²) in [6.07, 6.45) is 0. The van der Waals surface area contributed by atoms with E-state index in [0.29, 0.717) is 5.92 Å². The van der Waals surface area contributed by atoms with Gasteiger partial charge >= 0.3 is 0 Å². The number of imidazole rings is 1. The highest BCUT2D eigenvalue weighted by Crippen LogP contribution is 2.28. The molecule has 0 radical (unpaired) electrons. The molecule has 1 aromatic heterocycles. The van der Waals surface area contributed by atoms with Crippen LogP contribution in [0.15, 0.2) is 42.5 Å². The lowest BCUT2D eigenvalue weighted by molar-refractivity contribution is 0.353. The first-order chi connectivity index (χ1) is 12.1. The summed E-state index contributed by atoms with van der Waals surface area (Å²) >= 11 is 0. The summed E-state index contributed by atoms with van der Waals surface area (Å²) in [4.78, 5) is 8.18. The van der Waals surface area contributed by atoms with Gasteiger partial charge in [0.15, 0.2) is 11.5 Å². The zero-order valence-electron chi connectivity index (χ0n) is 15.2. The molecule has 1 atom stereocenters. The number of hydrogen-bond acceptors (Lipinski definition) is 4. The molecule has 0 spiro atoms. The van der Waals surface area contributed by atoms with E-state index in [1.54, 1.807) is 14.2 Å². The van der Waals surface area contributed by atoms with Crippen LogP contribution in [0.4, 0.5) is 0 Å². The van der Waals surface area contributed by atoms with E-state index in [1.807, 2.05) is 36.4 Å². The van der Waals surface area contributed by atoms with E-state index in [9.17, 15) is 0 Å². The Morgan fingerprint density at radius 1 is 1.04 bits per heavy atom. The molecule has 0 saturated heterocycles. The zero-order valence-corrected chi connectivity index (χ0v) is 15.2. The van der Waals surface area contributed by atoms with Crippen molar-refractivity contribution in [1.29, 1.82) is 0 Å². The summed E-state index contributed by atoms with van der Waals surface area (Å²) in [7, 11) is 3.30. The van der Waals surface area contributed by atoms with Gasteiger partial charge < -0.3 is 19.8 Å². The predicted molar refractivity (Wildman–Crippen MR) is 100 cm³/mol. The van der Waals surface area contributed by atoms with E-state index in [-0.39, 0.29) is 6.04 Å². The largest absolute Gasteiger partial charge is 0.493 e. The monoisotopic (exact) mass is 339 g/mol. The summed E-state index contributed by atoms with van der Waals surface area (Å²) in [5, 5.41) is 3.61. The molecule has 2 aromatic carbocycles. The molecule has 0 unspecified atom stereocenters. The molecular weight excluding hydrogens is 314 g/mol. The van der Waals surface area contributed by atoms with Gasteiger partial charge in [0.1, 0.15) is 5.82 Å². The van der Waals surface area contributed by atoms with Crippen molar-refractivity contribution in [2.24, 2.45) is 5.92 Å². The third kappa shape index (κ3) is 3.77. The Kier molecular flexibility index (Phi) is 5.24. The second-order valence-corrected chi connectivity index (χ2v) is 6.43. The highest BCUT2D eigenvalue weighted by molar-refractivity contribution is 5.74. The van der Waals surface area contributed by atoms with Gasteiger partial charge in [-0.15, -0.1) is 0 Å². The van der Waals surface area contributed by atoms with E-state index < -0.39 is 0 Å². The molecule has 0 amide bonds. The summed E-state index contributed by atoms with van der Waals surface area (Å²) in [5.74, 6) is 2.85. The molecule has 0 bridgehead atoms. The third-order valence-electron chi connectivity index (χ3n) is 4.34. The number of aromatic nitrogens is 2. The van der Waals surface area contributed by atoms with E-state index in [0.717, 1.165) is 40.5 Å². The molecule has 0 aliphatic heterocycles. The highest BCUT2D eigenvalue weighted by atomic mass is 16.5. The quantitative estimate of drug-likeness (QED) is 0.681. The van der Waals surface area contributed by atoms with Crippen LogP contribution in [0.2, 0.25) is 0 Å². The van der Waals surface area contributed by atoms with Gasteiger partial charge in [-0.25, -0.2) is 4.98 Å². The van der Waals surface area contributed by atoms with Crippen molar-refractivity contribution in [3.63, 3.8) is 0 Å². The molecule has 0 aliphatic rings. The second-order valence-electron chi connectivity index (χ2n) is 6.43. The van der Waals surface area contributed by atoms with Crippen LogP contribution in [0.25, 0.3) is 11.0 Å². The number of hydrogen-bond donors (Lipinski definition) is 2. The normalized spacial score (nSPS) is 12.5. The highest BCUT2D eigenvalue weighted by Gasteiger charge is 2.19. The maximum atomic E-state index is 5.38. The Labute approximate surface area is 148 Å². The molecular formula is C20H25N3O2. The standard InChI is InChI=1S/C20H25N3O2/c1-13(2)19(20-22-15-7-5-6-8-16(15)23-20)21-12-14-9-10-17(24-3)18(11-14)25-4/h5-11,13,19,21H,12H2,1-4H3,(H,22,23)/t19-/m1/s1. The smallest absolute Gasteiger partial charge is 0.161 e. The Morgan fingerprint density at radius 2 is 1.80 bits per heavy atom. The summed E-state index contributed by atoms with van der Waals surface area (Å²) in [6.45, 7) is 5.11. The van der Waals surface area contributed by atoms with Crippen molar-refractivity contribution in [3.8, 4) is 11.5 Å². The molecule has 2 N–H and O–H groups in total.